The summed E-state index contributed by atoms with van der Waals surface area (Å²) in [5.74, 6) is -1.58. The van der Waals surface area contributed by atoms with E-state index in [1.165, 1.54) is 18.3 Å². The Hall–Kier alpha value is -1.50. The van der Waals surface area contributed by atoms with Gasteiger partial charge in [0.2, 0.25) is 5.95 Å². The molecule has 2 rings (SSSR count). The van der Waals surface area contributed by atoms with E-state index >= 15 is 0 Å². The molecule has 1 atom stereocenters. The Labute approximate surface area is 104 Å². The molecule has 0 spiro atoms. The van der Waals surface area contributed by atoms with E-state index in [0.29, 0.717) is 6.42 Å². The van der Waals surface area contributed by atoms with Crippen molar-refractivity contribution in [3.05, 3.63) is 29.8 Å². The van der Waals surface area contributed by atoms with Crippen LogP contribution in [0.1, 0.15) is 23.7 Å². The molecule has 5 nitrogen and oxygen atoms in total. The first-order valence-electron chi connectivity index (χ1n) is 5.45. The van der Waals surface area contributed by atoms with Crippen LogP contribution in [0.15, 0.2) is 18.3 Å². The second kappa shape index (κ2) is 4.31. The molecule has 7 heteroatoms. The quantitative estimate of drug-likeness (QED) is 0.797. The number of rotatable bonds is 2. The fraction of sp³-hybridized carbons (Fsp3) is 0.455. The Bertz CT molecular complexity index is 588. The molecule has 0 bridgehead atoms. The van der Waals surface area contributed by atoms with Crippen molar-refractivity contribution >= 4 is 15.7 Å². The van der Waals surface area contributed by atoms with E-state index in [4.69, 9.17) is 0 Å². The normalized spacial score (nSPS) is 25.9. The number of aromatic nitrogens is 1. The minimum Gasteiger partial charge on any atom is -0.346 e. The van der Waals surface area contributed by atoms with Crippen molar-refractivity contribution in [1.29, 1.82) is 0 Å². The van der Waals surface area contributed by atoms with Crippen LogP contribution in [-0.2, 0) is 9.84 Å². The SMILES string of the molecule is CC1(NC(=O)c2cccnc2F)CCS(=O)(=O)C1. The summed E-state index contributed by atoms with van der Waals surface area (Å²) in [5.41, 5.74) is -1.01. The minimum atomic E-state index is -3.12. The van der Waals surface area contributed by atoms with Gasteiger partial charge in [-0.15, -0.1) is 0 Å². The van der Waals surface area contributed by atoms with Gasteiger partial charge in [-0.1, -0.05) is 0 Å². The molecule has 0 aliphatic carbocycles. The molecule has 98 valence electrons. The van der Waals surface area contributed by atoms with E-state index in [1.807, 2.05) is 0 Å². The summed E-state index contributed by atoms with van der Waals surface area (Å²) in [5, 5.41) is 2.57. The maximum absolute atomic E-state index is 13.3. The number of amides is 1. The van der Waals surface area contributed by atoms with E-state index < -0.39 is 27.2 Å². The van der Waals surface area contributed by atoms with Crippen LogP contribution in [-0.4, -0.2) is 36.4 Å². The average Bonchev–Trinajstić information content (AvgIpc) is 2.53. The molecule has 0 saturated carbocycles. The number of pyridine rings is 1. The molecule has 0 aromatic carbocycles. The standard InChI is InChI=1S/C11H13FN2O3S/c1-11(4-6-18(16,17)7-11)14-10(15)8-3-2-5-13-9(8)12/h2-3,5H,4,6-7H2,1H3,(H,14,15). The van der Waals surface area contributed by atoms with E-state index in [-0.39, 0.29) is 17.1 Å². The van der Waals surface area contributed by atoms with Gasteiger partial charge in [-0.2, -0.15) is 4.39 Å². The summed E-state index contributed by atoms with van der Waals surface area (Å²) in [7, 11) is -3.12. The van der Waals surface area contributed by atoms with Crippen molar-refractivity contribution in [2.24, 2.45) is 0 Å². The van der Waals surface area contributed by atoms with Gasteiger partial charge >= 0.3 is 0 Å². The Morgan fingerprint density at radius 2 is 2.28 bits per heavy atom. The Kier molecular flexibility index (Phi) is 3.10. The molecule has 1 aromatic rings. The van der Waals surface area contributed by atoms with Gasteiger partial charge in [0.1, 0.15) is 0 Å². The lowest BCUT2D eigenvalue weighted by atomic mass is 10.0. The number of nitrogens with one attached hydrogen (secondary N) is 1. The molecule has 1 aliphatic heterocycles. The maximum Gasteiger partial charge on any atom is 0.256 e. The largest absolute Gasteiger partial charge is 0.346 e. The van der Waals surface area contributed by atoms with Crippen LogP contribution < -0.4 is 5.32 Å². The Morgan fingerprint density at radius 1 is 1.56 bits per heavy atom. The second-order valence-corrected chi connectivity index (χ2v) is 6.88. The van der Waals surface area contributed by atoms with Crippen LogP contribution in [0.25, 0.3) is 0 Å². The summed E-state index contributed by atoms with van der Waals surface area (Å²) in [6.07, 6.45) is 1.58. The zero-order valence-corrected chi connectivity index (χ0v) is 10.6. The third-order valence-corrected chi connectivity index (χ3v) is 4.83. The molecule has 18 heavy (non-hydrogen) atoms. The van der Waals surface area contributed by atoms with E-state index in [0.717, 1.165) is 0 Å². The van der Waals surface area contributed by atoms with Crippen LogP contribution in [0.5, 0.6) is 0 Å². The average molecular weight is 272 g/mol. The van der Waals surface area contributed by atoms with Crippen molar-refractivity contribution in [3.63, 3.8) is 0 Å². The monoisotopic (exact) mass is 272 g/mol. The number of halogens is 1. The van der Waals surface area contributed by atoms with Gasteiger partial charge in [0.05, 0.1) is 22.6 Å². The fourth-order valence-corrected chi connectivity index (χ4v) is 4.10. The van der Waals surface area contributed by atoms with Gasteiger partial charge in [-0.25, -0.2) is 13.4 Å². The molecule has 1 N–H and O–H groups in total. The van der Waals surface area contributed by atoms with Crippen LogP contribution in [0, 0.1) is 5.95 Å². The maximum atomic E-state index is 13.3. The van der Waals surface area contributed by atoms with Crippen molar-refractivity contribution in [1.82, 2.24) is 10.3 Å². The van der Waals surface area contributed by atoms with Crippen LogP contribution in [0.2, 0.25) is 0 Å². The summed E-state index contributed by atoms with van der Waals surface area (Å²) < 4.78 is 36.1. The predicted molar refractivity (Wildman–Crippen MR) is 63.3 cm³/mol. The zero-order valence-electron chi connectivity index (χ0n) is 9.81. The van der Waals surface area contributed by atoms with E-state index in [2.05, 4.69) is 10.3 Å². The van der Waals surface area contributed by atoms with Crippen LogP contribution in [0.4, 0.5) is 4.39 Å². The zero-order chi connectivity index (χ0) is 13.4. The first-order valence-corrected chi connectivity index (χ1v) is 7.27. The predicted octanol–water partition coefficient (Wildman–Crippen LogP) is 0.528. The number of hydrogen-bond acceptors (Lipinski definition) is 4. The third kappa shape index (κ3) is 2.66. The molecule has 0 radical (unpaired) electrons. The minimum absolute atomic E-state index is 0.0410. The number of carbonyl (C=O) groups excluding carboxylic acids is 1. The molecule has 1 saturated heterocycles. The molecule has 1 amide bonds. The van der Waals surface area contributed by atoms with Gasteiger partial charge in [0, 0.05) is 6.20 Å². The lowest BCUT2D eigenvalue weighted by Crippen LogP contribution is -2.47. The molecule has 1 unspecified atom stereocenters. The smallest absolute Gasteiger partial charge is 0.256 e. The molecular weight excluding hydrogens is 259 g/mol. The molecular formula is C11H13FN2O3S. The lowest BCUT2D eigenvalue weighted by Gasteiger charge is -2.23. The highest BCUT2D eigenvalue weighted by Crippen LogP contribution is 2.23. The van der Waals surface area contributed by atoms with Crippen LogP contribution >= 0.6 is 0 Å². The first-order chi connectivity index (χ1) is 8.31. The summed E-state index contributed by atoms with van der Waals surface area (Å²) in [4.78, 5) is 15.2. The molecule has 1 aliphatic rings. The number of carbonyl (C=O) groups is 1. The fourth-order valence-electron chi connectivity index (χ4n) is 2.01. The second-order valence-electron chi connectivity index (χ2n) is 4.70. The number of hydrogen-bond donors (Lipinski definition) is 1. The van der Waals surface area contributed by atoms with Crippen molar-refractivity contribution < 1.29 is 17.6 Å². The van der Waals surface area contributed by atoms with E-state index in [9.17, 15) is 17.6 Å². The Morgan fingerprint density at radius 3 is 2.83 bits per heavy atom. The topological polar surface area (TPSA) is 76.1 Å². The molecule has 2 heterocycles. The van der Waals surface area contributed by atoms with Crippen molar-refractivity contribution in [3.8, 4) is 0 Å². The third-order valence-electron chi connectivity index (χ3n) is 2.92. The van der Waals surface area contributed by atoms with E-state index in [1.54, 1.807) is 6.92 Å². The summed E-state index contributed by atoms with van der Waals surface area (Å²) >= 11 is 0. The van der Waals surface area contributed by atoms with Crippen molar-refractivity contribution in [2.75, 3.05) is 11.5 Å². The number of sulfone groups is 1. The summed E-state index contributed by atoms with van der Waals surface area (Å²) in [6.45, 7) is 1.64. The highest BCUT2D eigenvalue weighted by atomic mass is 32.2. The number of nitrogens with zero attached hydrogens (tertiary/aromatic N) is 1. The highest BCUT2D eigenvalue weighted by Gasteiger charge is 2.39. The van der Waals surface area contributed by atoms with Crippen LogP contribution in [0.3, 0.4) is 0 Å². The molecule has 1 aromatic heterocycles. The lowest BCUT2D eigenvalue weighted by molar-refractivity contribution is 0.0910. The van der Waals surface area contributed by atoms with Gasteiger partial charge in [-0.05, 0) is 25.5 Å². The highest BCUT2D eigenvalue weighted by molar-refractivity contribution is 7.91. The van der Waals surface area contributed by atoms with Gasteiger partial charge in [-0.3, -0.25) is 4.79 Å². The van der Waals surface area contributed by atoms with Crippen molar-refractivity contribution in [2.45, 2.75) is 18.9 Å². The van der Waals surface area contributed by atoms with Gasteiger partial charge in [0.15, 0.2) is 9.84 Å². The van der Waals surface area contributed by atoms with Gasteiger partial charge < -0.3 is 5.32 Å². The van der Waals surface area contributed by atoms with Gasteiger partial charge in [0.25, 0.3) is 5.91 Å². The molecule has 1 fully saturated rings. The summed E-state index contributed by atoms with van der Waals surface area (Å²) in [6, 6.07) is 2.76. The first kappa shape index (κ1) is 12.9. The Balaban J connectivity index is 2.16.